The predicted octanol–water partition coefficient (Wildman–Crippen LogP) is 4.74. The molecule has 8 nitrogen and oxygen atoms in total. The van der Waals surface area contributed by atoms with Crippen molar-refractivity contribution in [2.45, 2.75) is 30.9 Å². The number of likely N-dealkylation sites (tertiary alicyclic amines) is 1. The van der Waals surface area contributed by atoms with E-state index in [1.165, 1.54) is 50.5 Å². The minimum atomic E-state index is -0.530. The molecule has 2 aliphatic heterocycles. The molecular formula is C28H30N2O6S2. The van der Waals surface area contributed by atoms with Crippen LogP contribution in [0.2, 0.25) is 0 Å². The molecule has 0 aliphatic carbocycles. The molecule has 2 fully saturated rings. The fraction of sp³-hybridized carbons (Fsp3) is 0.357. The molecule has 0 N–H and O–H groups in total. The van der Waals surface area contributed by atoms with Gasteiger partial charge in [0.2, 0.25) is 11.8 Å². The van der Waals surface area contributed by atoms with Crippen LogP contribution in [-0.2, 0) is 9.59 Å². The van der Waals surface area contributed by atoms with Crippen molar-refractivity contribution >= 4 is 57.7 Å². The second-order valence-electron chi connectivity index (χ2n) is 8.89. The lowest BCUT2D eigenvalue weighted by Gasteiger charge is -2.29. The molecular weight excluding hydrogens is 524 g/mol. The van der Waals surface area contributed by atoms with Gasteiger partial charge in [-0.1, -0.05) is 24.0 Å². The number of methoxy groups -OCH3 is 3. The van der Waals surface area contributed by atoms with Gasteiger partial charge in [-0.2, -0.15) is 0 Å². The van der Waals surface area contributed by atoms with Crippen LogP contribution in [0, 0.1) is 0 Å². The van der Waals surface area contributed by atoms with E-state index in [1.807, 2.05) is 0 Å². The van der Waals surface area contributed by atoms with E-state index in [0.717, 1.165) is 25.9 Å². The molecule has 0 spiro atoms. The number of anilines is 1. The summed E-state index contributed by atoms with van der Waals surface area (Å²) < 4.78 is 16.7. The number of imide groups is 1. The number of carbonyl (C=O) groups excluding carboxylic acids is 3. The van der Waals surface area contributed by atoms with Crippen LogP contribution in [0.25, 0.3) is 6.08 Å². The second-order valence-corrected chi connectivity index (χ2v) is 10.7. The number of ether oxygens (including phenoxy) is 3. The molecule has 0 saturated carbocycles. The van der Waals surface area contributed by atoms with Gasteiger partial charge < -0.3 is 19.1 Å². The summed E-state index contributed by atoms with van der Waals surface area (Å²) in [7, 11) is 4.60. The molecule has 4 rings (SSSR count). The number of allylic oxidation sites excluding steroid dienone is 1. The van der Waals surface area contributed by atoms with E-state index in [-0.39, 0.29) is 24.0 Å². The Morgan fingerprint density at radius 2 is 1.58 bits per heavy atom. The van der Waals surface area contributed by atoms with E-state index >= 15 is 0 Å². The first-order chi connectivity index (χ1) is 18.4. The Balaban J connectivity index is 1.43. The molecule has 10 heteroatoms. The molecule has 1 atom stereocenters. The van der Waals surface area contributed by atoms with E-state index in [0.29, 0.717) is 38.4 Å². The molecule has 0 radical (unpaired) electrons. The van der Waals surface area contributed by atoms with Crippen LogP contribution in [0.15, 0.2) is 42.5 Å². The first-order valence-electron chi connectivity index (χ1n) is 12.3. The Morgan fingerprint density at radius 3 is 2.21 bits per heavy atom. The van der Waals surface area contributed by atoms with Crippen molar-refractivity contribution in [1.82, 2.24) is 4.90 Å². The van der Waals surface area contributed by atoms with Crippen LogP contribution in [0.4, 0.5) is 5.69 Å². The van der Waals surface area contributed by atoms with E-state index in [4.69, 9.17) is 26.4 Å². The maximum Gasteiger partial charge on any atom is 0.247 e. The number of carbonyl (C=O) groups is 3. The zero-order chi connectivity index (χ0) is 27.2. The maximum absolute atomic E-state index is 13.1. The lowest BCUT2D eigenvalue weighted by Crippen LogP contribution is -2.35. The highest BCUT2D eigenvalue weighted by molar-refractivity contribution is 8.23. The fourth-order valence-corrected chi connectivity index (χ4v) is 6.00. The minimum absolute atomic E-state index is 0.105. The number of amides is 2. The van der Waals surface area contributed by atoms with Crippen molar-refractivity contribution in [3.05, 3.63) is 53.6 Å². The molecule has 2 aliphatic rings. The number of thiocarbonyl (C=S) groups is 1. The summed E-state index contributed by atoms with van der Waals surface area (Å²) in [6.45, 7) is 1.79. The zero-order valence-corrected chi connectivity index (χ0v) is 23.2. The molecule has 2 amide bonds. The quantitative estimate of drug-likeness (QED) is 0.199. The Bertz CT molecular complexity index is 1250. The highest BCUT2D eigenvalue weighted by Crippen LogP contribution is 2.35. The number of benzene rings is 2. The molecule has 2 saturated heterocycles. The number of thioether (sulfide) groups is 1. The van der Waals surface area contributed by atoms with E-state index < -0.39 is 5.25 Å². The first-order valence-corrected chi connectivity index (χ1v) is 13.6. The highest BCUT2D eigenvalue weighted by atomic mass is 32.2. The third-order valence-corrected chi connectivity index (χ3v) is 8.18. The van der Waals surface area contributed by atoms with Crippen molar-refractivity contribution in [1.29, 1.82) is 0 Å². The van der Waals surface area contributed by atoms with Gasteiger partial charge in [0.1, 0.15) is 15.3 Å². The molecule has 2 heterocycles. The monoisotopic (exact) mass is 554 g/mol. The smallest absolute Gasteiger partial charge is 0.247 e. The van der Waals surface area contributed by atoms with E-state index in [9.17, 15) is 14.4 Å². The van der Waals surface area contributed by atoms with E-state index in [2.05, 4.69) is 4.90 Å². The first kappa shape index (κ1) is 27.7. The van der Waals surface area contributed by atoms with Gasteiger partial charge in [0.05, 0.1) is 27.0 Å². The summed E-state index contributed by atoms with van der Waals surface area (Å²) in [5.74, 6) is 0.765. The van der Waals surface area contributed by atoms with Gasteiger partial charge in [0.15, 0.2) is 17.3 Å². The SMILES string of the molecule is COc1cc(OC)c(OC)cc1/C=C/C(=O)c1ccc(N2C(=O)C[C@H](SC(=S)N3CCCCC3)C2=O)cc1. The number of nitrogens with zero attached hydrogens (tertiary/aromatic N) is 2. The van der Waals surface area contributed by atoms with Crippen LogP contribution in [0.5, 0.6) is 17.2 Å². The van der Waals surface area contributed by atoms with Crippen LogP contribution >= 0.6 is 24.0 Å². The number of hydrogen-bond acceptors (Lipinski definition) is 8. The Morgan fingerprint density at radius 1 is 0.947 bits per heavy atom. The summed E-state index contributed by atoms with van der Waals surface area (Å²) in [6.07, 6.45) is 6.54. The predicted molar refractivity (Wildman–Crippen MR) is 152 cm³/mol. The summed E-state index contributed by atoms with van der Waals surface area (Å²) in [4.78, 5) is 41.9. The largest absolute Gasteiger partial charge is 0.496 e. The summed E-state index contributed by atoms with van der Waals surface area (Å²) >= 11 is 6.85. The number of hydrogen-bond donors (Lipinski definition) is 0. The third kappa shape index (κ3) is 6.02. The average molecular weight is 555 g/mol. The van der Waals surface area contributed by atoms with Crippen molar-refractivity contribution in [3.63, 3.8) is 0 Å². The van der Waals surface area contributed by atoms with Gasteiger partial charge in [0.25, 0.3) is 0 Å². The molecule has 2 aromatic carbocycles. The second kappa shape index (κ2) is 12.4. The van der Waals surface area contributed by atoms with Gasteiger partial charge in [-0.15, -0.1) is 0 Å². The van der Waals surface area contributed by atoms with Gasteiger partial charge in [0, 0.05) is 36.7 Å². The van der Waals surface area contributed by atoms with Crippen LogP contribution in [0.3, 0.4) is 0 Å². The van der Waals surface area contributed by atoms with Crippen molar-refractivity contribution in [3.8, 4) is 17.2 Å². The highest BCUT2D eigenvalue weighted by Gasteiger charge is 2.41. The zero-order valence-electron chi connectivity index (χ0n) is 21.6. The molecule has 0 bridgehead atoms. The fourth-order valence-electron chi connectivity index (χ4n) is 4.46. The number of ketones is 1. The molecule has 38 heavy (non-hydrogen) atoms. The maximum atomic E-state index is 13.1. The standard InChI is InChI=1S/C28H30N2O6S2/c1-34-22-16-24(36-3)23(35-2)15-19(22)9-12-21(31)18-7-10-20(11-8-18)30-26(32)17-25(27(30)33)38-28(37)29-13-5-4-6-14-29/h7-12,15-16,25H,4-6,13-14,17H2,1-3H3/b12-9+/t25-/m0/s1. The lowest BCUT2D eigenvalue weighted by atomic mass is 10.1. The summed E-state index contributed by atoms with van der Waals surface area (Å²) in [6, 6.07) is 9.85. The summed E-state index contributed by atoms with van der Waals surface area (Å²) in [5.41, 5.74) is 1.50. The third-order valence-electron chi connectivity index (χ3n) is 6.52. The van der Waals surface area contributed by atoms with Gasteiger partial charge in [-0.3, -0.25) is 14.4 Å². The van der Waals surface area contributed by atoms with Crippen LogP contribution < -0.4 is 19.1 Å². The number of piperidine rings is 1. The van der Waals surface area contributed by atoms with Crippen molar-refractivity contribution in [2.75, 3.05) is 39.3 Å². The van der Waals surface area contributed by atoms with Crippen molar-refractivity contribution in [2.24, 2.45) is 0 Å². The van der Waals surface area contributed by atoms with Crippen molar-refractivity contribution < 1.29 is 28.6 Å². The Kier molecular flexibility index (Phi) is 9.06. The Labute approximate surface area is 231 Å². The van der Waals surface area contributed by atoms with Gasteiger partial charge in [-0.05, 0) is 61.7 Å². The Hall–Kier alpha value is -3.37. The van der Waals surface area contributed by atoms with Crippen LogP contribution in [0.1, 0.15) is 41.6 Å². The van der Waals surface area contributed by atoms with E-state index in [1.54, 1.807) is 42.5 Å². The summed E-state index contributed by atoms with van der Waals surface area (Å²) in [5, 5.41) is -0.530. The van der Waals surface area contributed by atoms with Crippen LogP contribution in [-0.4, -0.2) is 66.5 Å². The topological polar surface area (TPSA) is 85.4 Å². The van der Waals surface area contributed by atoms with Gasteiger partial charge in [-0.25, -0.2) is 4.90 Å². The molecule has 200 valence electrons. The molecule has 2 aromatic rings. The number of rotatable bonds is 8. The average Bonchev–Trinajstić information content (AvgIpc) is 3.23. The normalized spacial score (nSPS) is 17.7. The molecule has 0 unspecified atom stereocenters. The molecule has 0 aromatic heterocycles. The lowest BCUT2D eigenvalue weighted by molar-refractivity contribution is -0.121. The van der Waals surface area contributed by atoms with Gasteiger partial charge >= 0.3 is 0 Å². The minimum Gasteiger partial charge on any atom is -0.496 e.